The third kappa shape index (κ3) is 3.32. The molecule has 0 atom stereocenters. The van der Waals surface area contributed by atoms with E-state index < -0.39 is 0 Å². The lowest BCUT2D eigenvalue weighted by Gasteiger charge is -2.34. The van der Waals surface area contributed by atoms with Crippen LogP contribution in [0.1, 0.15) is 30.1 Å². The van der Waals surface area contributed by atoms with E-state index in [0.29, 0.717) is 12.1 Å². The number of carbonyl (C=O) groups is 1. The fourth-order valence-corrected chi connectivity index (χ4v) is 3.24. The van der Waals surface area contributed by atoms with Crippen LogP contribution >= 0.6 is 0 Å². The van der Waals surface area contributed by atoms with Crippen LogP contribution in [0.4, 0.5) is 0 Å². The first-order chi connectivity index (χ1) is 11.1. The summed E-state index contributed by atoms with van der Waals surface area (Å²) in [4.78, 5) is 12.7. The van der Waals surface area contributed by atoms with Crippen LogP contribution in [-0.2, 0) is 0 Å². The molecule has 1 fully saturated rings. The molecule has 0 aliphatic carbocycles. The zero-order valence-electron chi connectivity index (χ0n) is 13.8. The Morgan fingerprint density at radius 1 is 1.17 bits per heavy atom. The van der Waals surface area contributed by atoms with Gasteiger partial charge in [0.05, 0.1) is 7.11 Å². The van der Waals surface area contributed by atoms with Crippen LogP contribution in [0.2, 0.25) is 0 Å². The molecule has 0 saturated carbocycles. The third-order valence-electron chi connectivity index (χ3n) is 4.83. The molecule has 1 saturated heterocycles. The van der Waals surface area contributed by atoms with Crippen molar-refractivity contribution < 1.29 is 9.53 Å². The van der Waals surface area contributed by atoms with Crippen molar-refractivity contribution >= 4 is 16.7 Å². The largest absolute Gasteiger partial charge is 0.496 e. The van der Waals surface area contributed by atoms with Gasteiger partial charge in [-0.1, -0.05) is 31.2 Å². The molecule has 2 aromatic carbocycles. The molecule has 2 N–H and O–H groups in total. The lowest BCUT2D eigenvalue weighted by Crippen LogP contribution is -2.42. The van der Waals surface area contributed by atoms with E-state index in [0.717, 1.165) is 42.5 Å². The molecular weight excluding hydrogens is 288 g/mol. The normalized spacial score (nSPS) is 17.0. The molecule has 122 valence electrons. The Hall–Kier alpha value is -2.07. The molecule has 4 heteroatoms. The average Bonchev–Trinajstić information content (AvgIpc) is 2.59. The minimum atomic E-state index is -0.0105. The molecule has 0 spiro atoms. The molecule has 0 bridgehead atoms. The summed E-state index contributed by atoms with van der Waals surface area (Å²) < 4.78 is 5.39. The van der Waals surface area contributed by atoms with Gasteiger partial charge in [-0.05, 0) is 48.9 Å². The smallest absolute Gasteiger partial charge is 0.251 e. The Bertz CT molecular complexity index is 706. The van der Waals surface area contributed by atoms with Crippen molar-refractivity contribution in [3.63, 3.8) is 0 Å². The fourth-order valence-electron chi connectivity index (χ4n) is 3.24. The maximum Gasteiger partial charge on any atom is 0.251 e. The number of rotatable bonds is 4. The number of hydrogen-bond acceptors (Lipinski definition) is 3. The van der Waals surface area contributed by atoms with Crippen LogP contribution in [0.15, 0.2) is 36.4 Å². The molecule has 1 heterocycles. The number of carbonyl (C=O) groups excluding carboxylic acids is 1. The highest BCUT2D eigenvalue weighted by Crippen LogP contribution is 2.29. The molecule has 23 heavy (non-hydrogen) atoms. The number of fused-ring (bicyclic) bond motifs is 1. The van der Waals surface area contributed by atoms with E-state index in [4.69, 9.17) is 4.74 Å². The van der Waals surface area contributed by atoms with Gasteiger partial charge in [-0.3, -0.25) is 4.79 Å². The number of nitrogens with one attached hydrogen (secondary N) is 2. The molecule has 1 aliphatic rings. The Kier molecular flexibility index (Phi) is 4.53. The second kappa shape index (κ2) is 6.59. The molecule has 0 radical (unpaired) electrons. The monoisotopic (exact) mass is 312 g/mol. The summed E-state index contributed by atoms with van der Waals surface area (Å²) in [5.74, 6) is 0.783. The minimum absolute atomic E-state index is 0.0105. The summed E-state index contributed by atoms with van der Waals surface area (Å²) in [7, 11) is 1.65. The molecule has 0 unspecified atom stereocenters. The van der Waals surface area contributed by atoms with Crippen LogP contribution in [0.5, 0.6) is 5.75 Å². The topological polar surface area (TPSA) is 50.4 Å². The first kappa shape index (κ1) is 15.8. The molecule has 2 aromatic rings. The Balaban J connectivity index is 1.81. The molecule has 0 aromatic heterocycles. The minimum Gasteiger partial charge on any atom is -0.496 e. The number of amides is 1. The van der Waals surface area contributed by atoms with Crippen LogP contribution in [0.3, 0.4) is 0 Å². The third-order valence-corrected chi connectivity index (χ3v) is 4.83. The van der Waals surface area contributed by atoms with E-state index in [1.807, 2.05) is 36.4 Å². The Labute approximate surface area is 137 Å². The quantitative estimate of drug-likeness (QED) is 0.912. The summed E-state index contributed by atoms with van der Waals surface area (Å²) in [6, 6.07) is 11.6. The molecule has 4 nitrogen and oxygen atoms in total. The van der Waals surface area contributed by atoms with Gasteiger partial charge in [-0.15, -0.1) is 0 Å². The van der Waals surface area contributed by atoms with Gasteiger partial charge in [-0.2, -0.15) is 0 Å². The molecule has 1 aliphatic heterocycles. The second-order valence-corrected chi connectivity index (χ2v) is 6.60. The lowest BCUT2D eigenvalue weighted by molar-refractivity contribution is 0.0924. The summed E-state index contributed by atoms with van der Waals surface area (Å²) in [6.07, 6.45) is 2.19. The van der Waals surface area contributed by atoms with Gasteiger partial charge in [0.15, 0.2) is 0 Å². The van der Waals surface area contributed by atoms with Crippen LogP contribution in [0, 0.1) is 5.41 Å². The zero-order chi connectivity index (χ0) is 16.3. The van der Waals surface area contributed by atoms with Crippen molar-refractivity contribution in [2.45, 2.75) is 19.8 Å². The standard InChI is InChI=1S/C19H24N2O2/c1-19(9-11-20-12-10-19)13-21-18(22)16-7-8-17(23-2)15-6-4-3-5-14(15)16/h3-8,20H,9-13H2,1-2H3,(H,21,22). The number of methoxy groups -OCH3 is 1. The number of benzene rings is 2. The zero-order valence-corrected chi connectivity index (χ0v) is 13.8. The highest BCUT2D eigenvalue weighted by atomic mass is 16.5. The van der Waals surface area contributed by atoms with E-state index in [-0.39, 0.29) is 11.3 Å². The van der Waals surface area contributed by atoms with Gasteiger partial charge in [0, 0.05) is 17.5 Å². The molecular formula is C19H24N2O2. The van der Waals surface area contributed by atoms with Crippen molar-refractivity contribution in [2.75, 3.05) is 26.7 Å². The summed E-state index contributed by atoms with van der Waals surface area (Å²) in [5, 5.41) is 8.40. The lowest BCUT2D eigenvalue weighted by atomic mass is 9.81. The van der Waals surface area contributed by atoms with Crippen molar-refractivity contribution in [3.05, 3.63) is 42.0 Å². The van der Waals surface area contributed by atoms with E-state index in [1.165, 1.54) is 0 Å². The predicted octanol–water partition coefficient (Wildman–Crippen LogP) is 2.97. The maximum absolute atomic E-state index is 12.7. The fraction of sp³-hybridized carbons (Fsp3) is 0.421. The van der Waals surface area contributed by atoms with Gasteiger partial charge in [0.1, 0.15) is 5.75 Å². The van der Waals surface area contributed by atoms with Gasteiger partial charge in [0.2, 0.25) is 0 Å². The predicted molar refractivity (Wildman–Crippen MR) is 93.0 cm³/mol. The van der Waals surface area contributed by atoms with Gasteiger partial charge in [-0.25, -0.2) is 0 Å². The summed E-state index contributed by atoms with van der Waals surface area (Å²) >= 11 is 0. The van der Waals surface area contributed by atoms with E-state index >= 15 is 0 Å². The summed E-state index contributed by atoms with van der Waals surface area (Å²) in [6.45, 7) is 5.02. The van der Waals surface area contributed by atoms with Crippen molar-refractivity contribution in [2.24, 2.45) is 5.41 Å². The van der Waals surface area contributed by atoms with E-state index in [9.17, 15) is 4.79 Å². The van der Waals surface area contributed by atoms with Crippen molar-refractivity contribution in [1.82, 2.24) is 10.6 Å². The average molecular weight is 312 g/mol. The number of ether oxygens (including phenoxy) is 1. The second-order valence-electron chi connectivity index (χ2n) is 6.60. The van der Waals surface area contributed by atoms with Crippen molar-refractivity contribution in [3.8, 4) is 5.75 Å². The SMILES string of the molecule is COc1ccc(C(=O)NCC2(C)CCNCC2)c2ccccc12. The number of piperidine rings is 1. The Morgan fingerprint density at radius 3 is 2.57 bits per heavy atom. The maximum atomic E-state index is 12.7. The first-order valence-corrected chi connectivity index (χ1v) is 8.18. The van der Waals surface area contributed by atoms with Crippen LogP contribution in [-0.4, -0.2) is 32.7 Å². The Morgan fingerprint density at radius 2 is 1.87 bits per heavy atom. The van der Waals surface area contributed by atoms with Gasteiger partial charge in [0.25, 0.3) is 5.91 Å². The molecule has 1 amide bonds. The van der Waals surface area contributed by atoms with Crippen LogP contribution in [0.25, 0.3) is 10.8 Å². The highest BCUT2D eigenvalue weighted by Gasteiger charge is 2.27. The summed E-state index contributed by atoms with van der Waals surface area (Å²) in [5.41, 5.74) is 0.891. The van der Waals surface area contributed by atoms with Gasteiger partial charge < -0.3 is 15.4 Å². The van der Waals surface area contributed by atoms with Gasteiger partial charge >= 0.3 is 0 Å². The van der Waals surface area contributed by atoms with Crippen molar-refractivity contribution in [1.29, 1.82) is 0 Å². The highest BCUT2D eigenvalue weighted by molar-refractivity contribution is 6.08. The van der Waals surface area contributed by atoms with E-state index in [1.54, 1.807) is 7.11 Å². The van der Waals surface area contributed by atoms with E-state index in [2.05, 4.69) is 17.6 Å². The number of hydrogen-bond donors (Lipinski definition) is 2. The first-order valence-electron chi connectivity index (χ1n) is 8.18. The molecule has 3 rings (SSSR count). The van der Waals surface area contributed by atoms with Crippen LogP contribution < -0.4 is 15.4 Å².